The molecule has 0 amide bonds. The molecule has 2 heteroatoms. The predicted molar refractivity (Wildman–Crippen MR) is 46.9 cm³/mol. The molecule has 0 saturated carbocycles. The molecule has 2 heterocycles. The van der Waals surface area contributed by atoms with E-state index in [0.717, 1.165) is 32.0 Å². The largest absolute Gasteiger partial charge is 0.350 e. The first-order valence-corrected chi connectivity index (χ1v) is 5.09. The molecule has 2 nitrogen and oxygen atoms in total. The van der Waals surface area contributed by atoms with Crippen molar-refractivity contribution < 1.29 is 9.47 Å². The van der Waals surface area contributed by atoms with Crippen LogP contribution in [0.5, 0.6) is 0 Å². The van der Waals surface area contributed by atoms with Gasteiger partial charge in [-0.1, -0.05) is 6.92 Å². The summed E-state index contributed by atoms with van der Waals surface area (Å²) in [6.45, 7) is 4.03. The van der Waals surface area contributed by atoms with E-state index < -0.39 is 0 Å². The quantitative estimate of drug-likeness (QED) is 0.555. The van der Waals surface area contributed by atoms with E-state index >= 15 is 0 Å². The molecule has 0 N–H and O–H groups in total. The van der Waals surface area contributed by atoms with Gasteiger partial charge < -0.3 is 9.47 Å². The first-order valence-electron chi connectivity index (χ1n) is 5.09. The van der Waals surface area contributed by atoms with Crippen LogP contribution in [0.1, 0.15) is 39.0 Å². The van der Waals surface area contributed by atoms with E-state index in [4.69, 9.17) is 9.47 Å². The van der Waals surface area contributed by atoms with Gasteiger partial charge in [0.25, 0.3) is 0 Å². The number of hydrogen-bond acceptors (Lipinski definition) is 2. The molecule has 2 saturated heterocycles. The topological polar surface area (TPSA) is 18.5 Å². The Morgan fingerprint density at radius 2 is 2.08 bits per heavy atom. The molecule has 2 rings (SSSR count). The molecule has 0 aromatic rings. The van der Waals surface area contributed by atoms with Crippen LogP contribution >= 0.6 is 0 Å². The van der Waals surface area contributed by atoms with E-state index in [0.29, 0.717) is 0 Å². The maximum Gasteiger partial charge on any atom is 0.168 e. The summed E-state index contributed by atoms with van der Waals surface area (Å²) >= 11 is 0. The van der Waals surface area contributed by atoms with Gasteiger partial charge in [0, 0.05) is 12.8 Å². The zero-order valence-corrected chi connectivity index (χ0v) is 7.84. The van der Waals surface area contributed by atoms with Crippen LogP contribution < -0.4 is 0 Å². The van der Waals surface area contributed by atoms with Crippen molar-refractivity contribution in [2.75, 3.05) is 13.2 Å². The fourth-order valence-corrected chi connectivity index (χ4v) is 2.05. The van der Waals surface area contributed by atoms with Gasteiger partial charge in [-0.3, -0.25) is 0 Å². The molecule has 0 bridgehead atoms. The minimum Gasteiger partial charge on any atom is -0.350 e. The molecule has 2 aliphatic heterocycles. The average Bonchev–Trinajstić information content (AvgIpc) is 2.13. The smallest absolute Gasteiger partial charge is 0.168 e. The highest BCUT2D eigenvalue weighted by Crippen LogP contribution is 2.35. The number of ether oxygens (including phenoxy) is 2. The van der Waals surface area contributed by atoms with Crippen molar-refractivity contribution in [2.24, 2.45) is 5.92 Å². The molecule has 0 aliphatic carbocycles. The SMILES string of the molecule is C[C@H]1CCC2(CCCCO2)OC1. The third kappa shape index (κ3) is 1.64. The summed E-state index contributed by atoms with van der Waals surface area (Å²) in [5, 5.41) is 0. The molecule has 1 unspecified atom stereocenters. The summed E-state index contributed by atoms with van der Waals surface area (Å²) in [5.41, 5.74) is 0. The van der Waals surface area contributed by atoms with Crippen LogP contribution in [0.2, 0.25) is 0 Å². The fraction of sp³-hybridized carbons (Fsp3) is 1.00. The molecule has 0 aromatic heterocycles. The van der Waals surface area contributed by atoms with Gasteiger partial charge in [-0.05, 0) is 25.2 Å². The molecule has 2 aliphatic rings. The van der Waals surface area contributed by atoms with Gasteiger partial charge in [0.1, 0.15) is 0 Å². The van der Waals surface area contributed by atoms with Crippen molar-refractivity contribution in [1.29, 1.82) is 0 Å². The van der Waals surface area contributed by atoms with Crippen LogP contribution in [-0.4, -0.2) is 19.0 Å². The van der Waals surface area contributed by atoms with Gasteiger partial charge >= 0.3 is 0 Å². The lowest BCUT2D eigenvalue weighted by atomic mass is 9.93. The van der Waals surface area contributed by atoms with E-state index in [9.17, 15) is 0 Å². The summed E-state index contributed by atoms with van der Waals surface area (Å²) < 4.78 is 11.5. The van der Waals surface area contributed by atoms with Gasteiger partial charge in [0.2, 0.25) is 0 Å². The minimum atomic E-state index is -0.162. The average molecular weight is 170 g/mol. The van der Waals surface area contributed by atoms with Gasteiger partial charge in [0.05, 0.1) is 13.2 Å². The van der Waals surface area contributed by atoms with E-state index in [1.807, 2.05) is 0 Å². The lowest BCUT2D eigenvalue weighted by molar-refractivity contribution is -0.279. The molecular formula is C10H18O2. The Hall–Kier alpha value is -0.0800. The summed E-state index contributed by atoms with van der Waals surface area (Å²) in [5.74, 6) is 0.561. The molecule has 1 spiro atoms. The molecule has 2 fully saturated rings. The fourth-order valence-electron chi connectivity index (χ4n) is 2.05. The maximum atomic E-state index is 5.80. The second-order valence-corrected chi connectivity index (χ2v) is 4.17. The summed E-state index contributed by atoms with van der Waals surface area (Å²) in [6, 6.07) is 0. The van der Waals surface area contributed by atoms with Gasteiger partial charge in [-0.2, -0.15) is 0 Å². The Balaban J connectivity index is 1.92. The summed E-state index contributed by atoms with van der Waals surface area (Å²) in [7, 11) is 0. The zero-order chi connectivity index (χ0) is 8.44. The van der Waals surface area contributed by atoms with Gasteiger partial charge in [-0.25, -0.2) is 0 Å². The van der Waals surface area contributed by atoms with Gasteiger partial charge in [-0.15, -0.1) is 0 Å². The van der Waals surface area contributed by atoms with Crippen LogP contribution in [0.3, 0.4) is 0 Å². The zero-order valence-electron chi connectivity index (χ0n) is 7.84. The second-order valence-electron chi connectivity index (χ2n) is 4.17. The highest BCUT2D eigenvalue weighted by atomic mass is 16.7. The van der Waals surface area contributed by atoms with Crippen LogP contribution in [0.25, 0.3) is 0 Å². The molecule has 2 atom stereocenters. The Morgan fingerprint density at radius 1 is 1.17 bits per heavy atom. The summed E-state index contributed by atoms with van der Waals surface area (Å²) in [6.07, 6.45) is 5.96. The summed E-state index contributed by atoms with van der Waals surface area (Å²) in [4.78, 5) is 0. The monoisotopic (exact) mass is 170 g/mol. The Labute approximate surface area is 74.2 Å². The maximum absolute atomic E-state index is 5.80. The highest BCUT2D eigenvalue weighted by Gasteiger charge is 2.37. The van der Waals surface area contributed by atoms with E-state index in [2.05, 4.69) is 6.92 Å². The van der Waals surface area contributed by atoms with E-state index in [1.165, 1.54) is 19.3 Å². The third-order valence-electron chi connectivity index (χ3n) is 2.97. The van der Waals surface area contributed by atoms with Crippen LogP contribution in [0.4, 0.5) is 0 Å². The molecular weight excluding hydrogens is 152 g/mol. The lowest BCUT2D eigenvalue weighted by Gasteiger charge is -2.41. The van der Waals surface area contributed by atoms with Crippen LogP contribution in [0.15, 0.2) is 0 Å². The van der Waals surface area contributed by atoms with Crippen molar-refractivity contribution in [3.8, 4) is 0 Å². The molecule has 0 aromatic carbocycles. The highest BCUT2D eigenvalue weighted by molar-refractivity contribution is 4.78. The van der Waals surface area contributed by atoms with Crippen LogP contribution in [-0.2, 0) is 9.47 Å². The van der Waals surface area contributed by atoms with E-state index in [1.54, 1.807) is 0 Å². The first-order chi connectivity index (χ1) is 5.81. The predicted octanol–water partition coefficient (Wildman–Crippen LogP) is 2.33. The minimum absolute atomic E-state index is 0.162. The standard InChI is InChI=1S/C10H18O2/c1-9-4-6-10(12-8-9)5-2-3-7-11-10/h9H,2-8H2,1H3/t9-,10?/m0/s1. The van der Waals surface area contributed by atoms with E-state index in [-0.39, 0.29) is 5.79 Å². The van der Waals surface area contributed by atoms with Crippen molar-refractivity contribution >= 4 is 0 Å². The normalized spacial score (nSPS) is 43.2. The molecule has 70 valence electrons. The van der Waals surface area contributed by atoms with Crippen LogP contribution in [0, 0.1) is 5.92 Å². The number of rotatable bonds is 0. The van der Waals surface area contributed by atoms with Crippen molar-refractivity contribution in [3.05, 3.63) is 0 Å². The first kappa shape index (κ1) is 8.52. The third-order valence-corrected chi connectivity index (χ3v) is 2.97. The molecule has 12 heavy (non-hydrogen) atoms. The Morgan fingerprint density at radius 3 is 2.67 bits per heavy atom. The van der Waals surface area contributed by atoms with Crippen molar-refractivity contribution in [2.45, 2.75) is 44.8 Å². The Kier molecular flexibility index (Phi) is 2.37. The lowest BCUT2D eigenvalue weighted by Crippen LogP contribution is -2.43. The van der Waals surface area contributed by atoms with Crippen molar-refractivity contribution in [1.82, 2.24) is 0 Å². The Bertz CT molecular complexity index is 140. The molecule has 0 radical (unpaired) electrons. The second kappa shape index (κ2) is 3.35. The van der Waals surface area contributed by atoms with Crippen molar-refractivity contribution in [3.63, 3.8) is 0 Å². The van der Waals surface area contributed by atoms with Gasteiger partial charge in [0.15, 0.2) is 5.79 Å². The number of hydrogen-bond donors (Lipinski definition) is 0.